The standard InChI is InChI=1S/C28H39FN6OS/c1-21-6-5-15-35(19-21)25-18-24(34-13-3-2-4-14-34)31-26(32-25)33-27(37)30-20-28(11-16-36-17-12-28)22-7-9-23(29)10-8-22/h7-10,18,21H,2-6,11-17,19-20H2,1H3,(H2,30,31,32,33,37)/t21-/m0/s1. The molecule has 3 aliphatic heterocycles. The van der Waals surface area contributed by atoms with Crippen molar-refractivity contribution in [2.24, 2.45) is 5.92 Å². The van der Waals surface area contributed by atoms with Crippen molar-refractivity contribution in [3.8, 4) is 0 Å². The van der Waals surface area contributed by atoms with Gasteiger partial charge < -0.3 is 25.2 Å². The lowest BCUT2D eigenvalue weighted by atomic mass is 9.74. The fourth-order valence-corrected chi connectivity index (χ4v) is 6.01. The largest absolute Gasteiger partial charge is 0.381 e. The van der Waals surface area contributed by atoms with E-state index in [4.69, 9.17) is 26.9 Å². The fraction of sp³-hybridized carbons (Fsp3) is 0.607. The number of thiocarbonyl (C=S) groups is 1. The summed E-state index contributed by atoms with van der Waals surface area (Å²) in [6.45, 7) is 8.39. The van der Waals surface area contributed by atoms with Gasteiger partial charge in [-0.05, 0) is 80.8 Å². The van der Waals surface area contributed by atoms with Crippen molar-refractivity contribution < 1.29 is 9.13 Å². The number of halogens is 1. The van der Waals surface area contributed by atoms with Crippen LogP contribution >= 0.6 is 12.2 Å². The molecule has 4 heterocycles. The molecule has 0 saturated carbocycles. The maximum Gasteiger partial charge on any atom is 0.232 e. The molecular weight excluding hydrogens is 487 g/mol. The van der Waals surface area contributed by atoms with Crippen molar-refractivity contribution in [2.45, 2.75) is 57.3 Å². The van der Waals surface area contributed by atoms with E-state index in [0.717, 1.165) is 56.2 Å². The van der Waals surface area contributed by atoms with E-state index in [-0.39, 0.29) is 11.2 Å². The van der Waals surface area contributed by atoms with Crippen LogP contribution in [-0.4, -0.2) is 61.0 Å². The van der Waals surface area contributed by atoms with Gasteiger partial charge in [-0.15, -0.1) is 0 Å². The van der Waals surface area contributed by atoms with Crippen molar-refractivity contribution in [1.29, 1.82) is 0 Å². The molecule has 0 amide bonds. The summed E-state index contributed by atoms with van der Waals surface area (Å²) in [6.07, 6.45) is 7.82. The van der Waals surface area contributed by atoms with E-state index in [1.807, 2.05) is 12.1 Å². The topological polar surface area (TPSA) is 65.5 Å². The van der Waals surface area contributed by atoms with Crippen LogP contribution in [0.3, 0.4) is 0 Å². The summed E-state index contributed by atoms with van der Waals surface area (Å²) < 4.78 is 19.2. The van der Waals surface area contributed by atoms with Crippen molar-refractivity contribution in [3.05, 3.63) is 41.7 Å². The Morgan fingerprint density at radius 2 is 1.70 bits per heavy atom. The first kappa shape index (κ1) is 26.1. The number of aromatic nitrogens is 2. The molecule has 5 rings (SSSR count). The second kappa shape index (κ2) is 11.9. The van der Waals surface area contributed by atoms with Crippen LogP contribution in [0.1, 0.15) is 57.4 Å². The molecule has 3 saturated heterocycles. The van der Waals surface area contributed by atoms with Gasteiger partial charge in [-0.2, -0.15) is 9.97 Å². The third kappa shape index (κ3) is 6.49. The zero-order valence-electron chi connectivity index (χ0n) is 21.8. The first-order valence-electron chi connectivity index (χ1n) is 13.8. The van der Waals surface area contributed by atoms with E-state index in [1.165, 1.54) is 44.2 Å². The number of nitrogens with one attached hydrogen (secondary N) is 2. The Morgan fingerprint density at radius 1 is 1.03 bits per heavy atom. The molecule has 37 heavy (non-hydrogen) atoms. The molecule has 2 N–H and O–H groups in total. The Balaban J connectivity index is 1.32. The summed E-state index contributed by atoms with van der Waals surface area (Å²) in [7, 11) is 0. The Bertz CT molecular complexity index is 1060. The Hall–Kier alpha value is -2.52. The van der Waals surface area contributed by atoms with Crippen LogP contribution in [0, 0.1) is 11.7 Å². The molecule has 1 aromatic heterocycles. The second-order valence-corrected chi connectivity index (χ2v) is 11.3. The molecule has 0 unspecified atom stereocenters. The van der Waals surface area contributed by atoms with Crippen LogP contribution in [0.15, 0.2) is 30.3 Å². The van der Waals surface area contributed by atoms with Gasteiger partial charge >= 0.3 is 0 Å². The quantitative estimate of drug-likeness (QED) is 0.517. The molecule has 0 aliphatic carbocycles. The first-order valence-corrected chi connectivity index (χ1v) is 14.2. The third-order valence-corrected chi connectivity index (χ3v) is 8.33. The summed E-state index contributed by atoms with van der Waals surface area (Å²) in [5, 5.41) is 7.21. The SMILES string of the molecule is C[C@H]1CCCN(c2cc(N3CCCCC3)nc(NC(=S)NCC3(c4ccc(F)cc4)CCOCC3)n2)C1. The van der Waals surface area contributed by atoms with Crippen molar-refractivity contribution >= 4 is 34.9 Å². The lowest BCUT2D eigenvalue weighted by Gasteiger charge is -2.38. The van der Waals surface area contributed by atoms with Crippen molar-refractivity contribution in [1.82, 2.24) is 15.3 Å². The van der Waals surface area contributed by atoms with Crippen molar-refractivity contribution in [3.63, 3.8) is 0 Å². The highest BCUT2D eigenvalue weighted by molar-refractivity contribution is 7.80. The lowest BCUT2D eigenvalue weighted by Crippen LogP contribution is -2.45. The highest BCUT2D eigenvalue weighted by Crippen LogP contribution is 2.34. The lowest BCUT2D eigenvalue weighted by molar-refractivity contribution is 0.0515. The smallest absolute Gasteiger partial charge is 0.232 e. The van der Waals surface area contributed by atoms with Crippen LogP contribution in [0.2, 0.25) is 0 Å². The number of benzene rings is 1. The minimum absolute atomic E-state index is 0.163. The molecule has 3 aliphatic rings. The summed E-state index contributed by atoms with van der Waals surface area (Å²) in [4.78, 5) is 14.5. The van der Waals surface area contributed by atoms with Gasteiger partial charge in [-0.25, -0.2) is 4.39 Å². The Morgan fingerprint density at radius 3 is 2.41 bits per heavy atom. The second-order valence-electron chi connectivity index (χ2n) is 10.9. The normalized spacial score (nSPS) is 21.9. The zero-order valence-corrected chi connectivity index (χ0v) is 22.7. The molecule has 3 fully saturated rings. The summed E-state index contributed by atoms with van der Waals surface area (Å²) in [6, 6.07) is 8.99. The van der Waals surface area contributed by atoms with Crippen LogP contribution in [0.4, 0.5) is 22.0 Å². The number of anilines is 3. The number of piperidine rings is 2. The minimum atomic E-state index is -0.222. The molecule has 2 aromatic rings. The first-order chi connectivity index (χ1) is 18.0. The number of hydrogen-bond acceptors (Lipinski definition) is 6. The highest BCUT2D eigenvalue weighted by Gasteiger charge is 2.34. The van der Waals surface area contributed by atoms with Gasteiger partial charge in [0, 0.05) is 57.4 Å². The van der Waals surface area contributed by atoms with E-state index in [1.54, 1.807) is 0 Å². The molecule has 0 radical (unpaired) electrons. The predicted molar refractivity (Wildman–Crippen MR) is 151 cm³/mol. The third-order valence-electron chi connectivity index (χ3n) is 8.08. The molecule has 0 bridgehead atoms. The van der Waals surface area contributed by atoms with Gasteiger partial charge in [-0.3, -0.25) is 0 Å². The minimum Gasteiger partial charge on any atom is -0.381 e. The monoisotopic (exact) mass is 526 g/mol. The summed E-state index contributed by atoms with van der Waals surface area (Å²) in [5.74, 6) is 2.92. The number of rotatable bonds is 6. The maximum atomic E-state index is 13.6. The van der Waals surface area contributed by atoms with Gasteiger partial charge in [0.2, 0.25) is 5.95 Å². The number of nitrogens with zero attached hydrogens (tertiary/aromatic N) is 4. The van der Waals surface area contributed by atoms with Gasteiger partial charge in [-0.1, -0.05) is 19.1 Å². The average molecular weight is 527 g/mol. The van der Waals surface area contributed by atoms with Crippen LogP contribution < -0.4 is 20.4 Å². The van der Waals surface area contributed by atoms with Crippen LogP contribution in [0.5, 0.6) is 0 Å². The zero-order chi connectivity index (χ0) is 25.7. The van der Waals surface area contributed by atoms with Crippen LogP contribution in [0.25, 0.3) is 0 Å². The average Bonchev–Trinajstić information content (AvgIpc) is 2.93. The van der Waals surface area contributed by atoms with Gasteiger partial charge in [0.1, 0.15) is 17.5 Å². The molecular formula is C28H39FN6OS. The molecule has 9 heteroatoms. The fourth-order valence-electron chi connectivity index (χ4n) is 5.85. The summed E-state index contributed by atoms with van der Waals surface area (Å²) in [5.41, 5.74) is 0.945. The van der Waals surface area contributed by atoms with E-state index < -0.39 is 0 Å². The van der Waals surface area contributed by atoms with Crippen LogP contribution in [-0.2, 0) is 10.2 Å². The van der Waals surface area contributed by atoms with Gasteiger partial charge in [0.05, 0.1) is 0 Å². The molecule has 1 atom stereocenters. The summed E-state index contributed by atoms with van der Waals surface area (Å²) >= 11 is 5.72. The Labute approximate surface area is 225 Å². The van der Waals surface area contributed by atoms with E-state index >= 15 is 0 Å². The predicted octanol–water partition coefficient (Wildman–Crippen LogP) is 4.88. The number of hydrogen-bond donors (Lipinski definition) is 2. The van der Waals surface area contributed by atoms with Gasteiger partial charge in [0.15, 0.2) is 5.11 Å². The molecule has 7 nitrogen and oxygen atoms in total. The van der Waals surface area contributed by atoms with Crippen molar-refractivity contribution in [2.75, 3.05) is 61.1 Å². The van der Waals surface area contributed by atoms with Gasteiger partial charge in [0.25, 0.3) is 0 Å². The number of ether oxygens (including phenoxy) is 1. The molecule has 0 spiro atoms. The maximum absolute atomic E-state index is 13.6. The Kier molecular flexibility index (Phi) is 8.39. The molecule has 200 valence electrons. The van der Waals surface area contributed by atoms with E-state index in [9.17, 15) is 4.39 Å². The highest BCUT2D eigenvalue weighted by atomic mass is 32.1. The van der Waals surface area contributed by atoms with E-state index in [2.05, 4.69) is 33.4 Å². The molecule has 1 aromatic carbocycles. The van der Waals surface area contributed by atoms with E-state index in [0.29, 0.717) is 36.7 Å².